The van der Waals surface area contributed by atoms with Crippen LogP contribution in [0.4, 0.5) is 16.2 Å². The van der Waals surface area contributed by atoms with Gasteiger partial charge in [0.25, 0.3) is 5.69 Å². The van der Waals surface area contributed by atoms with Crippen LogP contribution < -0.4 is 5.32 Å². The first-order valence-electron chi connectivity index (χ1n) is 10.3. The summed E-state index contributed by atoms with van der Waals surface area (Å²) >= 11 is 5.16. The minimum Gasteiger partial charge on any atom is -0.324 e. The summed E-state index contributed by atoms with van der Waals surface area (Å²) in [5, 5.41) is 17.3. The zero-order valence-corrected chi connectivity index (χ0v) is 20.2. The molecular weight excluding hydrogens is 492 g/mol. The number of hydrogen-bond donors (Lipinski definition) is 1. The van der Waals surface area contributed by atoms with Crippen LogP contribution in [0.3, 0.4) is 0 Å². The maximum absolute atomic E-state index is 12.8. The molecule has 166 valence electrons. The lowest BCUT2D eigenvalue weighted by Crippen LogP contribution is -2.40. The van der Waals surface area contributed by atoms with Crippen molar-refractivity contribution in [1.82, 2.24) is 9.88 Å². The maximum Gasteiger partial charge on any atom is 0.322 e. The SMILES string of the molecule is Cc1cc(NC(=O)N2CCC(c3nc(-c4cccc(Br)c4)cs3)CC2)c([N+](=O)[O-])cc1C. The zero-order valence-electron chi connectivity index (χ0n) is 17.8. The number of nitro groups is 1. The molecule has 0 atom stereocenters. The van der Waals surface area contributed by atoms with Crippen LogP contribution in [0, 0.1) is 24.0 Å². The highest BCUT2D eigenvalue weighted by Crippen LogP contribution is 2.34. The van der Waals surface area contributed by atoms with E-state index in [4.69, 9.17) is 4.98 Å². The normalized spacial score (nSPS) is 14.4. The summed E-state index contributed by atoms with van der Waals surface area (Å²) in [5.41, 5.74) is 3.92. The Balaban J connectivity index is 1.40. The molecule has 0 bridgehead atoms. The van der Waals surface area contributed by atoms with Crippen molar-refractivity contribution in [3.05, 3.63) is 72.5 Å². The Bertz CT molecular complexity index is 1170. The molecule has 4 rings (SSSR count). The number of piperidine rings is 1. The topological polar surface area (TPSA) is 88.4 Å². The molecule has 7 nitrogen and oxygen atoms in total. The number of urea groups is 1. The highest BCUT2D eigenvalue weighted by atomic mass is 79.9. The third-order valence-corrected chi connectivity index (χ3v) is 7.32. The number of anilines is 1. The Kier molecular flexibility index (Phi) is 6.57. The van der Waals surface area contributed by atoms with Gasteiger partial charge >= 0.3 is 6.03 Å². The molecule has 3 aromatic rings. The molecule has 2 heterocycles. The molecule has 1 aliphatic heterocycles. The number of rotatable bonds is 4. The van der Waals surface area contributed by atoms with Gasteiger partial charge in [-0.2, -0.15) is 0 Å². The number of thiazole rings is 1. The first-order valence-corrected chi connectivity index (χ1v) is 12.0. The molecule has 2 amide bonds. The van der Waals surface area contributed by atoms with Gasteiger partial charge in [-0.1, -0.05) is 28.1 Å². The van der Waals surface area contributed by atoms with Crippen molar-refractivity contribution in [2.24, 2.45) is 0 Å². The number of aryl methyl sites for hydroxylation is 2. The van der Waals surface area contributed by atoms with E-state index >= 15 is 0 Å². The fourth-order valence-corrected chi connectivity index (χ4v) is 5.23. The van der Waals surface area contributed by atoms with E-state index in [1.54, 1.807) is 22.3 Å². The van der Waals surface area contributed by atoms with Gasteiger partial charge in [0.2, 0.25) is 0 Å². The van der Waals surface area contributed by atoms with Gasteiger partial charge in [0, 0.05) is 40.5 Å². The van der Waals surface area contributed by atoms with Crippen molar-refractivity contribution in [2.75, 3.05) is 18.4 Å². The van der Waals surface area contributed by atoms with Gasteiger partial charge in [-0.3, -0.25) is 10.1 Å². The highest BCUT2D eigenvalue weighted by molar-refractivity contribution is 9.10. The molecule has 0 aliphatic carbocycles. The molecule has 9 heteroatoms. The van der Waals surface area contributed by atoms with Crippen LogP contribution in [0.15, 0.2) is 46.3 Å². The van der Waals surface area contributed by atoms with Crippen molar-refractivity contribution in [3.8, 4) is 11.3 Å². The smallest absolute Gasteiger partial charge is 0.322 e. The largest absolute Gasteiger partial charge is 0.324 e. The van der Waals surface area contributed by atoms with Crippen LogP contribution in [0.1, 0.15) is 34.9 Å². The summed E-state index contributed by atoms with van der Waals surface area (Å²) in [5.74, 6) is 0.306. The molecule has 0 saturated carbocycles. The second kappa shape index (κ2) is 9.38. The second-order valence-corrected chi connectivity index (χ2v) is 9.79. The molecule has 1 fully saturated rings. The van der Waals surface area contributed by atoms with Gasteiger partial charge in [0.1, 0.15) is 5.69 Å². The van der Waals surface area contributed by atoms with Crippen LogP contribution in [-0.4, -0.2) is 33.9 Å². The number of hydrogen-bond acceptors (Lipinski definition) is 5. The van der Waals surface area contributed by atoms with Gasteiger partial charge in [-0.15, -0.1) is 11.3 Å². The summed E-state index contributed by atoms with van der Waals surface area (Å²) in [7, 11) is 0. The fraction of sp³-hybridized carbons (Fsp3) is 0.304. The third kappa shape index (κ3) is 4.83. The van der Waals surface area contributed by atoms with E-state index in [9.17, 15) is 14.9 Å². The summed E-state index contributed by atoms with van der Waals surface area (Å²) in [6.07, 6.45) is 1.63. The lowest BCUT2D eigenvalue weighted by Gasteiger charge is -2.31. The lowest BCUT2D eigenvalue weighted by molar-refractivity contribution is -0.384. The monoisotopic (exact) mass is 514 g/mol. The standard InChI is InChI=1S/C23H23BrN4O3S/c1-14-10-19(21(28(30)31)11-15(14)2)26-23(29)27-8-6-16(7-9-27)22-25-20(13-32-22)17-4-3-5-18(24)12-17/h3-5,10-13,16H,6-9H2,1-2H3,(H,26,29). The molecule has 0 radical (unpaired) electrons. The van der Waals surface area contributed by atoms with Crippen molar-refractivity contribution in [3.63, 3.8) is 0 Å². The van der Waals surface area contributed by atoms with E-state index in [0.29, 0.717) is 19.0 Å². The number of likely N-dealkylation sites (tertiary alicyclic amines) is 1. The number of aromatic nitrogens is 1. The quantitative estimate of drug-likeness (QED) is 0.317. The van der Waals surface area contributed by atoms with Gasteiger partial charge in [0.15, 0.2) is 0 Å². The van der Waals surface area contributed by atoms with Gasteiger partial charge in [-0.25, -0.2) is 9.78 Å². The lowest BCUT2D eigenvalue weighted by atomic mass is 9.98. The Labute approximate surface area is 198 Å². The van der Waals surface area contributed by atoms with E-state index < -0.39 is 4.92 Å². The van der Waals surface area contributed by atoms with Crippen LogP contribution in [0.25, 0.3) is 11.3 Å². The minimum atomic E-state index is -0.459. The van der Waals surface area contributed by atoms with E-state index in [2.05, 4.69) is 32.7 Å². The fourth-order valence-electron chi connectivity index (χ4n) is 3.83. The molecule has 1 aromatic heterocycles. The van der Waals surface area contributed by atoms with Crippen molar-refractivity contribution in [2.45, 2.75) is 32.6 Å². The molecule has 1 aliphatic rings. The molecule has 1 N–H and O–H groups in total. The first kappa shape index (κ1) is 22.4. The van der Waals surface area contributed by atoms with E-state index in [-0.39, 0.29) is 17.4 Å². The Hall–Kier alpha value is -2.78. The van der Waals surface area contributed by atoms with Crippen LogP contribution >= 0.6 is 27.3 Å². The minimum absolute atomic E-state index is 0.0841. The maximum atomic E-state index is 12.8. The molecule has 2 aromatic carbocycles. The number of carbonyl (C=O) groups excluding carboxylic acids is 1. The number of amides is 2. The summed E-state index contributed by atoms with van der Waals surface area (Å²) in [6.45, 7) is 4.86. The molecule has 0 unspecified atom stereocenters. The first-order chi connectivity index (χ1) is 15.3. The molecular formula is C23H23BrN4O3S. The summed E-state index contributed by atoms with van der Waals surface area (Å²) < 4.78 is 1.02. The molecule has 0 spiro atoms. The van der Waals surface area contributed by atoms with Crippen LogP contribution in [0.5, 0.6) is 0 Å². The molecule has 1 saturated heterocycles. The second-order valence-electron chi connectivity index (χ2n) is 7.98. The zero-order chi connectivity index (χ0) is 22.8. The number of nitrogens with zero attached hydrogens (tertiary/aromatic N) is 3. The van der Waals surface area contributed by atoms with Gasteiger partial charge in [0.05, 0.1) is 15.6 Å². The van der Waals surface area contributed by atoms with E-state index in [1.165, 1.54) is 6.07 Å². The van der Waals surface area contributed by atoms with Gasteiger partial charge < -0.3 is 10.2 Å². The Morgan fingerprint density at radius 3 is 2.62 bits per heavy atom. The number of halogens is 1. The Morgan fingerprint density at radius 1 is 1.22 bits per heavy atom. The van der Waals surface area contributed by atoms with Crippen molar-refractivity contribution in [1.29, 1.82) is 0 Å². The van der Waals surface area contributed by atoms with Crippen molar-refractivity contribution < 1.29 is 9.72 Å². The highest BCUT2D eigenvalue weighted by Gasteiger charge is 2.27. The number of carbonyl (C=O) groups is 1. The Morgan fingerprint density at radius 2 is 1.94 bits per heavy atom. The average molecular weight is 515 g/mol. The summed E-state index contributed by atoms with van der Waals surface area (Å²) in [6, 6.07) is 10.9. The summed E-state index contributed by atoms with van der Waals surface area (Å²) in [4.78, 5) is 30.3. The van der Waals surface area contributed by atoms with Gasteiger partial charge in [-0.05, 0) is 56.0 Å². The number of nitrogens with one attached hydrogen (secondary N) is 1. The van der Waals surface area contributed by atoms with Crippen LogP contribution in [0.2, 0.25) is 0 Å². The average Bonchev–Trinajstić information content (AvgIpc) is 3.26. The molecule has 32 heavy (non-hydrogen) atoms. The van der Waals surface area contributed by atoms with Crippen LogP contribution in [-0.2, 0) is 0 Å². The predicted molar refractivity (Wildman–Crippen MR) is 130 cm³/mol. The van der Waals surface area contributed by atoms with Crippen molar-refractivity contribution >= 4 is 44.7 Å². The number of nitro benzene ring substituents is 1. The number of benzene rings is 2. The van der Waals surface area contributed by atoms with E-state index in [1.807, 2.05) is 32.0 Å². The predicted octanol–water partition coefficient (Wildman–Crippen LogP) is 6.51. The van der Waals surface area contributed by atoms with E-state index in [0.717, 1.165) is 44.7 Å². The third-order valence-electron chi connectivity index (χ3n) is 5.82.